The molecule has 0 aliphatic heterocycles. The monoisotopic (exact) mass is 405 g/mol. The fourth-order valence-corrected chi connectivity index (χ4v) is 4.00. The number of carbonyl (C=O) groups is 1. The maximum absolute atomic E-state index is 13.1. The van der Waals surface area contributed by atoms with Crippen molar-refractivity contribution in [2.24, 2.45) is 0 Å². The maximum atomic E-state index is 13.1. The van der Waals surface area contributed by atoms with Crippen LogP contribution in [0.2, 0.25) is 0 Å². The van der Waals surface area contributed by atoms with Crippen LogP contribution in [0.1, 0.15) is 21.9 Å². The first-order valence-electron chi connectivity index (χ1n) is 8.74. The van der Waals surface area contributed by atoms with Crippen molar-refractivity contribution in [2.75, 3.05) is 0 Å². The number of nitrogens with zero attached hydrogens (tertiary/aromatic N) is 3. The first-order valence-corrected chi connectivity index (χ1v) is 9.62. The number of ether oxygens (including phenoxy) is 1. The number of fused-ring (bicyclic) bond motifs is 1. The van der Waals surface area contributed by atoms with E-state index in [2.05, 4.69) is 4.98 Å². The third kappa shape index (κ3) is 3.44. The van der Waals surface area contributed by atoms with Crippen molar-refractivity contribution in [1.82, 2.24) is 9.55 Å². The normalized spacial score (nSPS) is 10.8. The van der Waals surface area contributed by atoms with Gasteiger partial charge in [-0.1, -0.05) is 30.3 Å². The van der Waals surface area contributed by atoms with Crippen molar-refractivity contribution in [2.45, 2.75) is 20.1 Å². The second-order valence-corrected chi connectivity index (χ2v) is 7.10. The lowest BCUT2D eigenvalue weighted by Gasteiger charge is -2.10. The Morgan fingerprint density at radius 3 is 2.79 bits per heavy atom. The van der Waals surface area contributed by atoms with Crippen molar-refractivity contribution in [3.63, 3.8) is 0 Å². The van der Waals surface area contributed by atoms with Crippen LogP contribution >= 0.6 is 11.3 Å². The third-order valence-electron chi connectivity index (χ3n) is 4.50. The number of hydrogen-bond acceptors (Lipinski definition) is 7. The molecular formula is C21H15N3O4S. The molecule has 4 rings (SSSR count). The molecule has 0 bridgehead atoms. The summed E-state index contributed by atoms with van der Waals surface area (Å²) in [7, 11) is 0. The summed E-state index contributed by atoms with van der Waals surface area (Å²) in [4.78, 5) is 30.4. The van der Waals surface area contributed by atoms with Crippen LogP contribution in [-0.2, 0) is 17.9 Å². The fraction of sp³-hybridized carbons (Fsp3) is 0.143. The van der Waals surface area contributed by atoms with Gasteiger partial charge in [-0.3, -0.25) is 9.36 Å². The lowest BCUT2D eigenvalue weighted by Crippen LogP contribution is -2.26. The maximum Gasteiger partial charge on any atom is 0.342 e. The highest BCUT2D eigenvalue weighted by molar-refractivity contribution is 7.17. The fourth-order valence-electron chi connectivity index (χ4n) is 3.05. The van der Waals surface area contributed by atoms with E-state index in [0.717, 1.165) is 11.1 Å². The zero-order chi connectivity index (χ0) is 20.4. The number of nitriles is 1. The first-order chi connectivity index (χ1) is 14.1. The highest BCUT2D eigenvalue weighted by Gasteiger charge is 2.19. The second kappa shape index (κ2) is 7.73. The number of aryl methyl sites for hydroxylation is 1. The Balaban J connectivity index is 1.74. The Morgan fingerprint density at radius 1 is 1.31 bits per heavy atom. The van der Waals surface area contributed by atoms with Crippen molar-refractivity contribution in [3.05, 3.63) is 75.5 Å². The number of furan rings is 1. The summed E-state index contributed by atoms with van der Waals surface area (Å²) < 4.78 is 11.7. The molecule has 0 aliphatic rings. The third-order valence-corrected chi connectivity index (χ3v) is 5.37. The molecule has 0 aliphatic carbocycles. The molecule has 0 saturated heterocycles. The first kappa shape index (κ1) is 18.7. The van der Waals surface area contributed by atoms with E-state index in [1.807, 2.05) is 41.8 Å². The van der Waals surface area contributed by atoms with Gasteiger partial charge in [0.2, 0.25) is 0 Å². The predicted octanol–water partition coefficient (Wildman–Crippen LogP) is 3.91. The summed E-state index contributed by atoms with van der Waals surface area (Å²) in [5.41, 5.74) is 1.65. The van der Waals surface area contributed by atoms with Crippen LogP contribution in [0.4, 0.5) is 0 Å². The molecule has 144 valence electrons. The van der Waals surface area contributed by atoms with Gasteiger partial charge in [-0.15, -0.1) is 11.3 Å². The number of thiophene rings is 1. The minimum atomic E-state index is -0.578. The van der Waals surface area contributed by atoms with Gasteiger partial charge in [0.25, 0.3) is 5.56 Å². The molecule has 0 saturated carbocycles. The van der Waals surface area contributed by atoms with Gasteiger partial charge in [-0.2, -0.15) is 5.26 Å². The molecule has 4 aromatic rings. The summed E-state index contributed by atoms with van der Waals surface area (Å²) in [6, 6.07) is 13.0. The van der Waals surface area contributed by atoms with E-state index >= 15 is 0 Å². The molecule has 8 heteroatoms. The molecule has 0 amide bonds. The standard InChI is InChI=1S/C21H15N3O4S/c1-13-15(7-10-27-13)21(26)28-11-17-23-19-18(20(25)24(17)9-8-22)16(12-29-19)14-5-3-2-4-6-14/h2-7,10,12H,9,11H2,1H3. The molecule has 7 nitrogen and oxygen atoms in total. The molecule has 0 unspecified atom stereocenters. The average Bonchev–Trinajstić information content (AvgIpc) is 3.35. The zero-order valence-corrected chi connectivity index (χ0v) is 16.2. The van der Waals surface area contributed by atoms with Gasteiger partial charge in [0.05, 0.1) is 17.7 Å². The van der Waals surface area contributed by atoms with E-state index in [1.54, 1.807) is 6.92 Å². The van der Waals surface area contributed by atoms with Crippen molar-refractivity contribution in [3.8, 4) is 17.2 Å². The van der Waals surface area contributed by atoms with Crippen molar-refractivity contribution in [1.29, 1.82) is 5.26 Å². The van der Waals surface area contributed by atoms with E-state index in [9.17, 15) is 14.9 Å². The molecule has 1 aromatic carbocycles. The zero-order valence-electron chi connectivity index (χ0n) is 15.4. The van der Waals surface area contributed by atoms with Crippen LogP contribution in [-0.4, -0.2) is 15.5 Å². The molecule has 3 heterocycles. The summed E-state index contributed by atoms with van der Waals surface area (Å²) in [5, 5.41) is 11.5. The van der Waals surface area contributed by atoms with Crippen LogP contribution in [0.3, 0.4) is 0 Å². The van der Waals surface area contributed by atoms with E-state index in [1.165, 1.54) is 28.2 Å². The van der Waals surface area contributed by atoms with Gasteiger partial charge in [0.15, 0.2) is 5.82 Å². The summed E-state index contributed by atoms with van der Waals surface area (Å²) in [5.74, 6) is 0.0869. The molecule has 29 heavy (non-hydrogen) atoms. The number of carbonyl (C=O) groups excluding carboxylic acids is 1. The molecule has 0 N–H and O–H groups in total. The van der Waals surface area contributed by atoms with Gasteiger partial charge < -0.3 is 9.15 Å². The quantitative estimate of drug-likeness (QED) is 0.467. The van der Waals surface area contributed by atoms with Gasteiger partial charge in [-0.25, -0.2) is 9.78 Å². The van der Waals surface area contributed by atoms with Crippen LogP contribution in [0.25, 0.3) is 21.3 Å². The van der Waals surface area contributed by atoms with E-state index in [0.29, 0.717) is 21.5 Å². The number of hydrogen-bond donors (Lipinski definition) is 0. The van der Waals surface area contributed by atoms with Crippen LogP contribution < -0.4 is 5.56 Å². The minimum Gasteiger partial charge on any atom is -0.469 e. The van der Waals surface area contributed by atoms with Gasteiger partial charge in [-0.05, 0) is 18.6 Å². The molecule has 0 fully saturated rings. The number of esters is 1. The van der Waals surface area contributed by atoms with Crippen LogP contribution in [0, 0.1) is 18.3 Å². The van der Waals surface area contributed by atoms with E-state index in [-0.39, 0.29) is 24.5 Å². The Bertz CT molecular complexity index is 1300. The van der Waals surface area contributed by atoms with Crippen LogP contribution in [0.5, 0.6) is 0 Å². The van der Waals surface area contributed by atoms with Crippen LogP contribution in [0.15, 0.2) is 57.3 Å². The lowest BCUT2D eigenvalue weighted by atomic mass is 10.1. The van der Waals surface area contributed by atoms with E-state index < -0.39 is 5.97 Å². The van der Waals surface area contributed by atoms with E-state index in [4.69, 9.17) is 9.15 Å². The smallest absolute Gasteiger partial charge is 0.342 e. The minimum absolute atomic E-state index is 0.191. The largest absolute Gasteiger partial charge is 0.469 e. The molecule has 0 spiro atoms. The highest BCUT2D eigenvalue weighted by Crippen LogP contribution is 2.31. The second-order valence-electron chi connectivity index (χ2n) is 6.24. The molecular weight excluding hydrogens is 390 g/mol. The Kier molecular flexibility index (Phi) is 4.97. The van der Waals surface area contributed by atoms with Gasteiger partial charge in [0, 0.05) is 10.9 Å². The van der Waals surface area contributed by atoms with Gasteiger partial charge in [0.1, 0.15) is 29.3 Å². The molecule has 0 atom stereocenters. The SMILES string of the molecule is Cc1occc1C(=O)OCc1nc2scc(-c3ccccc3)c2c(=O)n1CC#N. The molecule has 0 radical (unpaired) electrons. The Hall–Kier alpha value is -3.70. The summed E-state index contributed by atoms with van der Waals surface area (Å²) in [6.07, 6.45) is 1.40. The average molecular weight is 405 g/mol. The van der Waals surface area contributed by atoms with Crippen molar-refractivity contribution >= 4 is 27.5 Å². The van der Waals surface area contributed by atoms with Gasteiger partial charge >= 0.3 is 5.97 Å². The number of benzene rings is 1. The predicted molar refractivity (Wildman–Crippen MR) is 107 cm³/mol. The molecule has 3 aromatic heterocycles. The van der Waals surface area contributed by atoms with Crippen molar-refractivity contribution < 1.29 is 13.9 Å². The Labute approximate surface area is 169 Å². The topological polar surface area (TPSA) is 98.1 Å². The summed E-state index contributed by atoms with van der Waals surface area (Å²) in [6.45, 7) is 1.24. The highest BCUT2D eigenvalue weighted by atomic mass is 32.1. The lowest BCUT2D eigenvalue weighted by molar-refractivity contribution is 0.0455. The number of rotatable bonds is 5. The number of aromatic nitrogens is 2. The Morgan fingerprint density at radius 2 is 2.10 bits per heavy atom. The summed E-state index contributed by atoms with van der Waals surface area (Å²) >= 11 is 1.34.